The highest BCUT2D eigenvalue weighted by Crippen LogP contribution is 2.28. The highest BCUT2D eigenvalue weighted by molar-refractivity contribution is 7.13. The molecule has 1 aromatic carbocycles. The highest BCUT2D eigenvalue weighted by atomic mass is 32.1. The third-order valence-corrected chi connectivity index (χ3v) is 5.41. The molecule has 126 valence electrons. The Morgan fingerprint density at radius 1 is 1.25 bits per heavy atom. The van der Waals surface area contributed by atoms with E-state index in [1.165, 1.54) is 41.0 Å². The second-order valence-corrected chi connectivity index (χ2v) is 7.34. The van der Waals surface area contributed by atoms with Crippen LogP contribution < -0.4 is 0 Å². The largest absolute Gasteiger partial charge is 0.345 e. The molecule has 3 rings (SSSR count). The van der Waals surface area contributed by atoms with Gasteiger partial charge in [-0.15, -0.1) is 11.3 Å². The zero-order valence-electron chi connectivity index (χ0n) is 14.7. The summed E-state index contributed by atoms with van der Waals surface area (Å²) in [5, 5.41) is 0. The number of thiazole rings is 1. The number of hydrogen-bond acceptors (Lipinski definition) is 3. The molecular formula is C20H25N3S. The second kappa shape index (κ2) is 7.75. The summed E-state index contributed by atoms with van der Waals surface area (Å²) < 4.78 is 0. The maximum atomic E-state index is 4.59. The van der Waals surface area contributed by atoms with E-state index in [1.807, 2.05) is 11.7 Å². The second-order valence-electron chi connectivity index (χ2n) is 6.48. The lowest BCUT2D eigenvalue weighted by Crippen LogP contribution is -1.97. The third kappa shape index (κ3) is 3.93. The Morgan fingerprint density at radius 3 is 2.88 bits per heavy atom. The van der Waals surface area contributed by atoms with Crippen LogP contribution in [0.4, 0.5) is 0 Å². The van der Waals surface area contributed by atoms with E-state index in [-0.39, 0.29) is 0 Å². The van der Waals surface area contributed by atoms with Crippen LogP contribution >= 0.6 is 11.3 Å². The maximum Gasteiger partial charge on any atom is 0.109 e. The van der Waals surface area contributed by atoms with Gasteiger partial charge in [0, 0.05) is 24.2 Å². The van der Waals surface area contributed by atoms with Gasteiger partial charge in [0.1, 0.15) is 5.82 Å². The minimum Gasteiger partial charge on any atom is -0.345 e. The fourth-order valence-electron chi connectivity index (χ4n) is 2.99. The van der Waals surface area contributed by atoms with Gasteiger partial charge in [0.2, 0.25) is 0 Å². The maximum absolute atomic E-state index is 4.59. The number of aromatic amines is 1. The van der Waals surface area contributed by atoms with E-state index in [2.05, 4.69) is 60.0 Å². The Kier molecular flexibility index (Phi) is 5.46. The zero-order chi connectivity index (χ0) is 16.9. The van der Waals surface area contributed by atoms with Gasteiger partial charge < -0.3 is 4.98 Å². The van der Waals surface area contributed by atoms with Crippen molar-refractivity contribution in [3.05, 3.63) is 58.7 Å². The van der Waals surface area contributed by atoms with E-state index >= 15 is 0 Å². The van der Waals surface area contributed by atoms with Gasteiger partial charge in [-0.2, -0.15) is 0 Å². The lowest BCUT2D eigenvalue weighted by Gasteiger charge is -2.07. The van der Waals surface area contributed by atoms with Crippen LogP contribution in [0.25, 0.3) is 10.4 Å². The number of nitrogens with zero attached hydrogens (tertiary/aromatic N) is 2. The minimum atomic E-state index is 0.505. The van der Waals surface area contributed by atoms with Crippen molar-refractivity contribution in [2.75, 3.05) is 0 Å². The van der Waals surface area contributed by atoms with E-state index in [1.54, 1.807) is 11.3 Å². The molecule has 2 heterocycles. The molecule has 0 fully saturated rings. The smallest absolute Gasteiger partial charge is 0.109 e. The molecule has 0 aliphatic rings. The fraction of sp³-hybridized carbons (Fsp3) is 0.400. The molecule has 0 spiro atoms. The summed E-state index contributed by atoms with van der Waals surface area (Å²) in [6, 6.07) is 8.74. The predicted octanol–water partition coefficient (Wildman–Crippen LogP) is 5.73. The van der Waals surface area contributed by atoms with Crippen molar-refractivity contribution in [1.29, 1.82) is 0 Å². The number of hydrogen-bond donors (Lipinski definition) is 1. The molecule has 0 saturated heterocycles. The van der Waals surface area contributed by atoms with Gasteiger partial charge in [-0.1, -0.05) is 44.9 Å². The average Bonchev–Trinajstić information content (AvgIpc) is 3.22. The number of nitrogens with one attached hydrogen (secondary N) is 1. The van der Waals surface area contributed by atoms with Crippen molar-refractivity contribution in [2.45, 2.75) is 52.4 Å². The van der Waals surface area contributed by atoms with Gasteiger partial charge in [-0.3, -0.25) is 0 Å². The van der Waals surface area contributed by atoms with Crippen LogP contribution in [0.1, 0.15) is 61.8 Å². The summed E-state index contributed by atoms with van der Waals surface area (Å²) in [6.45, 7) is 6.56. The van der Waals surface area contributed by atoms with Crippen molar-refractivity contribution in [3.8, 4) is 10.4 Å². The summed E-state index contributed by atoms with van der Waals surface area (Å²) in [6.07, 6.45) is 6.57. The van der Waals surface area contributed by atoms with Gasteiger partial charge in [0.15, 0.2) is 0 Å². The first kappa shape index (κ1) is 16.9. The molecule has 1 N–H and O–H groups in total. The fourth-order valence-corrected chi connectivity index (χ4v) is 3.79. The topological polar surface area (TPSA) is 41.6 Å². The molecule has 3 nitrogen and oxygen atoms in total. The molecule has 24 heavy (non-hydrogen) atoms. The number of unbranched alkanes of at least 4 members (excludes halogenated alkanes) is 1. The molecule has 3 aromatic rings. The summed E-state index contributed by atoms with van der Waals surface area (Å²) in [7, 11) is 0. The number of aromatic nitrogens is 3. The summed E-state index contributed by atoms with van der Waals surface area (Å²) in [4.78, 5) is 13.7. The normalized spacial score (nSPS) is 12.5. The lowest BCUT2D eigenvalue weighted by molar-refractivity contribution is 0.600. The van der Waals surface area contributed by atoms with Crippen LogP contribution in [0.15, 0.2) is 36.0 Å². The van der Waals surface area contributed by atoms with Crippen molar-refractivity contribution in [2.24, 2.45) is 0 Å². The van der Waals surface area contributed by atoms with Crippen LogP contribution in [0.3, 0.4) is 0 Å². The molecular weight excluding hydrogens is 314 g/mol. The quantitative estimate of drug-likeness (QED) is 0.597. The molecule has 0 aliphatic carbocycles. The highest BCUT2D eigenvalue weighted by Gasteiger charge is 2.10. The van der Waals surface area contributed by atoms with Crippen LogP contribution in [0, 0.1) is 6.92 Å². The predicted molar refractivity (Wildman–Crippen MR) is 102 cm³/mol. The number of benzene rings is 1. The molecule has 0 radical (unpaired) electrons. The number of imidazole rings is 1. The van der Waals surface area contributed by atoms with E-state index < -0.39 is 0 Å². The van der Waals surface area contributed by atoms with E-state index in [4.69, 9.17) is 0 Å². The molecule has 1 atom stereocenters. The van der Waals surface area contributed by atoms with Gasteiger partial charge in [-0.05, 0) is 30.5 Å². The van der Waals surface area contributed by atoms with Crippen molar-refractivity contribution in [1.82, 2.24) is 15.0 Å². The van der Waals surface area contributed by atoms with E-state index in [0.717, 1.165) is 17.9 Å². The molecule has 4 heteroatoms. The van der Waals surface area contributed by atoms with Gasteiger partial charge >= 0.3 is 0 Å². The number of H-pyrrole nitrogens is 1. The summed E-state index contributed by atoms with van der Waals surface area (Å²) >= 11 is 1.70. The van der Waals surface area contributed by atoms with Gasteiger partial charge in [0.25, 0.3) is 0 Å². The summed E-state index contributed by atoms with van der Waals surface area (Å²) in [5.74, 6) is 1.62. The van der Waals surface area contributed by atoms with Crippen molar-refractivity contribution < 1.29 is 0 Å². The van der Waals surface area contributed by atoms with Crippen LogP contribution in [0.5, 0.6) is 0 Å². The van der Waals surface area contributed by atoms with Gasteiger partial charge in [0.05, 0.1) is 16.1 Å². The number of aryl methyl sites for hydroxylation is 1. The molecule has 0 amide bonds. The molecule has 0 saturated carbocycles. The SMILES string of the molecule is CCCCC(C)c1ncc(Cc2cccc(-c3scnc3C)c2)[nH]1. The summed E-state index contributed by atoms with van der Waals surface area (Å²) in [5.41, 5.74) is 6.76. The van der Waals surface area contributed by atoms with Gasteiger partial charge in [-0.25, -0.2) is 9.97 Å². The zero-order valence-corrected chi connectivity index (χ0v) is 15.5. The van der Waals surface area contributed by atoms with Crippen molar-refractivity contribution in [3.63, 3.8) is 0 Å². The van der Waals surface area contributed by atoms with E-state index in [0.29, 0.717) is 5.92 Å². The Hall–Kier alpha value is -1.94. The monoisotopic (exact) mass is 339 g/mol. The van der Waals surface area contributed by atoms with Crippen LogP contribution in [-0.4, -0.2) is 15.0 Å². The molecule has 0 bridgehead atoms. The molecule has 2 aromatic heterocycles. The van der Waals surface area contributed by atoms with Crippen LogP contribution in [-0.2, 0) is 6.42 Å². The Balaban J connectivity index is 1.73. The first-order valence-electron chi connectivity index (χ1n) is 8.70. The molecule has 0 aliphatic heterocycles. The average molecular weight is 340 g/mol. The standard InChI is InChI=1S/C20H25N3S/c1-4-5-7-14(2)20-21-12-18(23-20)11-16-8-6-9-17(10-16)19-15(3)22-13-24-19/h6,8-10,12-14H,4-5,7,11H2,1-3H3,(H,21,23). The first-order chi connectivity index (χ1) is 11.7. The third-order valence-electron chi connectivity index (χ3n) is 4.43. The number of rotatable bonds is 7. The lowest BCUT2D eigenvalue weighted by atomic mass is 10.0. The van der Waals surface area contributed by atoms with E-state index in [9.17, 15) is 0 Å². The Bertz CT molecular complexity index is 788. The van der Waals surface area contributed by atoms with Crippen LogP contribution in [0.2, 0.25) is 0 Å². The van der Waals surface area contributed by atoms with Crippen molar-refractivity contribution >= 4 is 11.3 Å². The first-order valence-corrected chi connectivity index (χ1v) is 9.58. The minimum absolute atomic E-state index is 0.505. The Labute approximate surface area is 148 Å². The molecule has 1 unspecified atom stereocenters. The Morgan fingerprint density at radius 2 is 2.12 bits per heavy atom.